The molecule has 0 aliphatic carbocycles. The van der Waals surface area contributed by atoms with E-state index in [4.69, 9.17) is 9.84 Å². The molecular weight excluding hydrogens is 304 g/mol. The number of carbonyl (C=O) groups excluding carboxylic acids is 1. The first-order valence-corrected chi connectivity index (χ1v) is 7.84. The zero-order chi connectivity index (χ0) is 16.9. The second kappa shape index (κ2) is 7.19. The molecule has 5 heteroatoms. The van der Waals surface area contributed by atoms with Gasteiger partial charge in [-0.15, -0.1) is 0 Å². The van der Waals surface area contributed by atoms with Crippen LogP contribution in [-0.2, 0) is 17.6 Å². The molecule has 1 amide bonds. The topological polar surface area (TPSA) is 74.4 Å². The van der Waals surface area contributed by atoms with Crippen LogP contribution >= 0.6 is 0 Å². The average molecular weight is 324 g/mol. The van der Waals surface area contributed by atoms with E-state index in [1.807, 2.05) is 48.7 Å². The van der Waals surface area contributed by atoms with Gasteiger partial charge in [-0.05, 0) is 41.8 Å². The number of methoxy groups -OCH3 is 1. The fraction of sp³-hybridized carbons (Fsp3) is 0.211. The largest absolute Gasteiger partial charge is 0.496 e. The van der Waals surface area contributed by atoms with Crippen molar-refractivity contribution in [2.75, 3.05) is 19.0 Å². The average Bonchev–Trinajstić information content (AvgIpc) is 3.00. The van der Waals surface area contributed by atoms with Crippen molar-refractivity contribution in [2.24, 2.45) is 0 Å². The van der Waals surface area contributed by atoms with Gasteiger partial charge in [0.05, 0.1) is 13.5 Å². The molecule has 0 saturated carbocycles. The molecule has 5 nitrogen and oxygen atoms in total. The van der Waals surface area contributed by atoms with Gasteiger partial charge in [0.15, 0.2) is 0 Å². The molecule has 0 atom stereocenters. The predicted octanol–water partition coefficient (Wildman–Crippen LogP) is 2.89. The summed E-state index contributed by atoms with van der Waals surface area (Å²) in [6, 6.07) is 13.3. The number of hydrogen-bond acceptors (Lipinski definition) is 3. The van der Waals surface area contributed by atoms with Gasteiger partial charge < -0.3 is 20.1 Å². The third-order valence-electron chi connectivity index (χ3n) is 3.96. The van der Waals surface area contributed by atoms with Gasteiger partial charge in [0.25, 0.3) is 0 Å². The van der Waals surface area contributed by atoms with Gasteiger partial charge in [-0.1, -0.05) is 18.2 Å². The number of fused-ring (bicyclic) bond motifs is 1. The second-order valence-corrected chi connectivity index (χ2v) is 5.59. The maximum atomic E-state index is 12.3. The molecule has 3 rings (SSSR count). The highest BCUT2D eigenvalue weighted by Crippen LogP contribution is 2.28. The molecule has 1 heterocycles. The van der Waals surface area contributed by atoms with Crippen LogP contribution in [0.15, 0.2) is 48.7 Å². The lowest BCUT2D eigenvalue weighted by Crippen LogP contribution is -2.14. The van der Waals surface area contributed by atoms with Gasteiger partial charge in [-0.3, -0.25) is 4.79 Å². The number of benzene rings is 2. The number of amides is 1. The van der Waals surface area contributed by atoms with Gasteiger partial charge >= 0.3 is 0 Å². The number of aromatic amines is 1. The third kappa shape index (κ3) is 3.41. The van der Waals surface area contributed by atoms with Crippen LogP contribution in [0.4, 0.5) is 5.69 Å². The van der Waals surface area contributed by atoms with Crippen LogP contribution in [0.3, 0.4) is 0 Å². The van der Waals surface area contributed by atoms with Crippen molar-refractivity contribution in [1.29, 1.82) is 0 Å². The first-order valence-electron chi connectivity index (χ1n) is 7.84. The Hall–Kier alpha value is -2.79. The maximum absolute atomic E-state index is 12.3. The standard InChI is InChI=1S/C19H20N2O3/c1-24-17-4-2-3-16-19(17)14(12-20-16)11-18(23)21-15-7-5-13(6-8-15)9-10-22/h2-8,12,20,22H,9-11H2,1H3,(H,21,23). The van der Waals surface area contributed by atoms with Crippen molar-refractivity contribution in [3.8, 4) is 5.75 Å². The Morgan fingerprint density at radius 2 is 2.00 bits per heavy atom. The molecule has 0 unspecified atom stereocenters. The monoisotopic (exact) mass is 324 g/mol. The van der Waals surface area contributed by atoms with Crippen LogP contribution < -0.4 is 10.1 Å². The van der Waals surface area contributed by atoms with E-state index < -0.39 is 0 Å². The Balaban J connectivity index is 1.73. The molecule has 0 aliphatic heterocycles. The number of ether oxygens (including phenoxy) is 1. The Kier molecular flexibility index (Phi) is 4.82. The molecule has 3 N–H and O–H groups in total. The number of H-pyrrole nitrogens is 1. The summed E-state index contributed by atoms with van der Waals surface area (Å²) in [6.07, 6.45) is 2.72. The van der Waals surface area contributed by atoms with Crippen LogP contribution in [0, 0.1) is 0 Å². The highest BCUT2D eigenvalue weighted by atomic mass is 16.5. The highest BCUT2D eigenvalue weighted by Gasteiger charge is 2.12. The molecule has 1 aromatic heterocycles. The van der Waals surface area contributed by atoms with Crippen LogP contribution in [0.5, 0.6) is 5.75 Å². The first-order chi connectivity index (χ1) is 11.7. The fourth-order valence-corrected chi connectivity index (χ4v) is 2.79. The minimum Gasteiger partial charge on any atom is -0.496 e. The van der Waals surface area contributed by atoms with Gasteiger partial charge in [0.2, 0.25) is 5.91 Å². The minimum absolute atomic E-state index is 0.0864. The van der Waals surface area contributed by atoms with Gasteiger partial charge in [0.1, 0.15) is 5.75 Å². The zero-order valence-electron chi connectivity index (χ0n) is 13.5. The summed E-state index contributed by atoms with van der Waals surface area (Å²) >= 11 is 0. The number of rotatable bonds is 6. The van der Waals surface area contributed by atoms with Crippen LogP contribution in [0.25, 0.3) is 10.9 Å². The van der Waals surface area contributed by atoms with Crippen molar-refractivity contribution in [3.05, 3.63) is 59.8 Å². The Morgan fingerprint density at radius 3 is 2.71 bits per heavy atom. The minimum atomic E-state index is -0.0864. The molecule has 0 radical (unpaired) electrons. The van der Waals surface area contributed by atoms with E-state index in [1.54, 1.807) is 7.11 Å². The number of hydrogen-bond donors (Lipinski definition) is 3. The molecule has 0 spiro atoms. The SMILES string of the molecule is COc1cccc2[nH]cc(CC(=O)Nc3ccc(CCO)cc3)c12. The van der Waals surface area contributed by atoms with E-state index in [1.165, 1.54) is 0 Å². The summed E-state index contributed by atoms with van der Waals surface area (Å²) < 4.78 is 5.39. The first kappa shape index (κ1) is 16.1. The quantitative estimate of drug-likeness (QED) is 0.653. The van der Waals surface area contributed by atoms with Crippen LogP contribution in [0.1, 0.15) is 11.1 Å². The normalized spacial score (nSPS) is 10.8. The third-order valence-corrected chi connectivity index (χ3v) is 3.96. The molecule has 0 aliphatic rings. The second-order valence-electron chi connectivity index (χ2n) is 5.59. The van der Waals surface area contributed by atoms with Crippen molar-refractivity contribution in [1.82, 2.24) is 4.98 Å². The molecule has 0 saturated heterocycles. The van der Waals surface area contributed by atoms with E-state index in [9.17, 15) is 4.79 Å². The maximum Gasteiger partial charge on any atom is 0.228 e. The van der Waals surface area contributed by atoms with Gasteiger partial charge in [-0.25, -0.2) is 0 Å². The molecule has 0 bridgehead atoms. The van der Waals surface area contributed by atoms with Crippen LogP contribution in [0.2, 0.25) is 0 Å². The molecule has 3 aromatic rings. The van der Waals surface area contributed by atoms with E-state index in [2.05, 4.69) is 10.3 Å². The summed E-state index contributed by atoms with van der Waals surface area (Å²) in [5.41, 5.74) is 3.63. The zero-order valence-corrected chi connectivity index (χ0v) is 13.5. The van der Waals surface area contributed by atoms with Crippen molar-refractivity contribution in [3.63, 3.8) is 0 Å². The van der Waals surface area contributed by atoms with Gasteiger partial charge in [0, 0.05) is 29.4 Å². The lowest BCUT2D eigenvalue weighted by atomic mass is 10.1. The predicted molar refractivity (Wildman–Crippen MR) is 94.4 cm³/mol. The highest BCUT2D eigenvalue weighted by molar-refractivity contribution is 5.97. The molecular formula is C19H20N2O3. The van der Waals surface area contributed by atoms with Gasteiger partial charge in [-0.2, -0.15) is 0 Å². The fourth-order valence-electron chi connectivity index (χ4n) is 2.79. The number of aliphatic hydroxyl groups excluding tert-OH is 1. The van der Waals surface area contributed by atoms with E-state index in [-0.39, 0.29) is 18.9 Å². The molecule has 2 aromatic carbocycles. The van der Waals surface area contributed by atoms with Crippen molar-refractivity contribution in [2.45, 2.75) is 12.8 Å². The number of nitrogens with one attached hydrogen (secondary N) is 2. The lowest BCUT2D eigenvalue weighted by molar-refractivity contribution is -0.115. The van der Waals surface area contributed by atoms with E-state index in [0.717, 1.165) is 33.5 Å². The smallest absolute Gasteiger partial charge is 0.228 e. The summed E-state index contributed by atoms with van der Waals surface area (Å²) in [7, 11) is 1.62. The number of carbonyl (C=O) groups is 1. The number of aromatic nitrogens is 1. The van der Waals surface area contributed by atoms with Crippen LogP contribution in [-0.4, -0.2) is 29.7 Å². The van der Waals surface area contributed by atoms with Crippen molar-refractivity contribution < 1.29 is 14.6 Å². The Labute approximate surface area is 140 Å². The summed E-state index contributed by atoms with van der Waals surface area (Å²) in [5.74, 6) is 0.668. The summed E-state index contributed by atoms with van der Waals surface area (Å²) in [5, 5.41) is 12.8. The van der Waals surface area contributed by atoms with Crippen molar-refractivity contribution >= 4 is 22.5 Å². The van der Waals surface area contributed by atoms with E-state index in [0.29, 0.717) is 6.42 Å². The number of anilines is 1. The van der Waals surface area contributed by atoms with E-state index >= 15 is 0 Å². The summed E-state index contributed by atoms with van der Waals surface area (Å²) in [6.45, 7) is 0.119. The molecule has 24 heavy (non-hydrogen) atoms. The molecule has 0 fully saturated rings. The summed E-state index contributed by atoms with van der Waals surface area (Å²) in [4.78, 5) is 15.5. The molecule has 124 valence electrons. The Morgan fingerprint density at radius 1 is 1.21 bits per heavy atom. The number of aliphatic hydroxyl groups is 1. The Bertz CT molecular complexity index is 837. The lowest BCUT2D eigenvalue weighted by Gasteiger charge is -2.07.